The Labute approximate surface area is 169 Å². The molecule has 144 valence electrons. The molecule has 0 N–H and O–H groups in total. The van der Waals surface area contributed by atoms with Crippen molar-refractivity contribution < 1.29 is 4.79 Å². The Bertz CT molecular complexity index is 955. The first kappa shape index (κ1) is 17.6. The summed E-state index contributed by atoms with van der Waals surface area (Å²) in [5, 5.41) is 1.12. The van der Waals surface area contributed by atoms with Crippen LogP contribution in [-0.2, 0) is 11.3 Å². The second kappa shape index (κ2) is 7.17. The average Bonchev–Trinajstić information content (AvgIpc) is 3.16. The van der Waals surface area contributed by atoms with E-state index in [4.69, 9.17) is 4.98 Å². The van der Waals surface area contributed by atoms with Crippen molar-refractivity contribution in [2.45, 2.75) is 32.2 Å². The van der Waals surface area contributed by atoms with E-state index in [0.29, 0.717) is 13.0 Å². The second-order valence-corrected chi connectivity index (χ2v) is 9.07. The minimum absolute atomic E-state index is 0.165. The minimum atomic E-state index is 0.165. The molecule has 2 aliphatic rings. The van der Waals surface area contributed by atoms with Gasteiger partial charge in [0.15, 0.2) is 5.13 Å². The van der Waals surface area contributed by atoms with Crippen molar-refractivity contribution in [1.29, 1.82) is 0 Å². The van der Waals surface area contributed by atoms with Crippen LogP contribution in [0.5, 0.6) is 0 Å². The Morgan fingerprint density at radius 3 is 2.82 bits per heavy atom. The second-order valence-electron chi connectivity index (χ2n) is 8.06. The molecule has 6 heteroatoms. The summed E-state index contributed by atoms with van der Waals surface area (Å²) in [5.74, 6) is 0.258. The molecule has 28 heavy (non-hydrogen) atoms. The number of carbonyl (C=O) groups is 1. The molecule has 5 rings (SSSR count). The molecule has 1 amide bonds. The summed E-state index contributed by atoms with van der Waals surface area (Å²) in [6.45, 7) is 3.47. The molecule has 3 aromatic rings. The predicted octanol–water partition coefficient (Wildman–Crippen LogP) is 4.10. The highest BCUT2D eigenvalue weighted by atomic mass is 32.1. The predicted molar refractivity (Wildman–Crippen MR) is 112 cm³/mol. The maximum absolute atomic E-state index is 12.6. The van der Waals surface area contributed by atoms with Gasteiger partial charge in [-0.3, -0.25) is 9.78 Å². The van der Waals surface area contributed by atoms with Gasteiger partial charge in [0.05, 0.1) is 22.5 Å². The van der Waals surface area contributed by atoms with Crippen molar-refractivity contribution in [3.63, 3.8) is 0 Å². The number of carbonyl (C=O) groups excluding carboxylic acids is 1. The van der Waals surface area contributed by atoms with E-state index in [2.05, 4.69) is 28.1 Å². The summed E-state index contributed by atoms with van der Waals surface area (Å²) in [4.78, 5) is 26.3. The molecule has 5 nitrogen and oxygen atoms in total. The maximum atomic E-state index is 12.6. The minimum Gasteiger partial charge on any atom is -0.347 e. The van der Waals surface area contributed by atoms with Crippen molar-refractivity contribution in [3.05, 3.63) is 54.4 Å². The fraction of sp³-hybridized carbons (Fsp3) is 0.409. The lowest BCUT2D eigenvalue weighted by Crippen LogP contribution is -2.53. The zero-order valence-electron chi connectivity index (χ0n) is 15.9. The third-order valence-corrected chi connectivity index (χ3v) is 7.14. The maximum Gasteiger partial charge on any atom is 0.222 e. The van der Waals surface area contributed by atoms with E-state index < -0.39 is 0 Å². The Morgan fingerprint density at radius 1 is 1.07 bits per heavy atom. The number of para-hydroxylation sites is 1. The fourth-order valence-corrected chi connectivity index (χ4v) is 5.62. The van der Waals surface area contributed by atoms with Crippen LogP contribution in [0.3, 0.4) is 0 Å². The van der Waals surface area contributed by atoms with E-state index in [9.17, 15) is 4.79 Å². The van der Waals surface area contributed by atoms with Crippen LogP contribution in [0, 0.1) is 5.41 Å². The summed E-state index contributed by atoms with van der Waals surface area (Å²) < 4.78 is 1.24. The third-order valence-electron chi connectivity index (χ3n) is 6.04. The van der Waals surface area contributed by atoms with E-state index in [-0.39, 0.29) is 11.3 Å². The van der Waals surface area contributed by atoms with Crippen molar-refractivity contribution in [1.82, 2.24) is 14.9 Å². The van der Waals surface area contributed by atoms with Gasteiger partial charge in [-0.2, -0.15) is 0 Å². The topological polar surface area (TPSA) is 49.3 Å². The van der Waals surface area contributed by atoms with Crippen LogP contribution >= 0.6 is 11.3 Å². The van der Waals surface area contributed by atoms with Gasteiger partial charge in [0.25, 0.3) is 0 Å². The monoisotopic (exact) mass is 392 g/mol. The van der Waals surface area contributed by atoms with Gasteiger partial charge < -0.3 is 9.80 Å². The number of thiazole rings is 1. The van der Waals surface area contributed by atoms with Gasteiger partial charge in [0.1, 0.15) is 0 Å². The molecule has 0 bridgehead atoms. The Kier molecular flexibility index (Phi) is 4.51. The van der Waals surface area contributed by atoms with E-state index in [1.807, 2.05) is 29.2 Å². The van der Waals surface area contributed by atoms with Gasteiger partial charge >= 0.3 is 0 Å². The highest BCUT2D eigenvalue weighted by molar-refractivity contribution is 7.22. The number of hydrogen-bond donors (Lipinski definition) is 0. The third kappa shape index (κ3) is 3.37. The Balaban J connectivity index is 1.36. The van der Waals surface area contributed by atoms with Gasteiger partial charge in [-0.05, 0) is 43.5 Å². The summed E-state index contributed by atoms with van der Waals surface area (Å²) in [6.07, 6.45) is 5.75. The number of amides is 1. The smallest absolute Gasteiger partial charge is 0.222 e. The molecule has 4 heterocycles. The first-order valence-corrected chi connectivity index (χ1v) is 10.8. The van der Waals surface area contributed by atoms with Crippen LogP contribution in [0.2, 0.25) is 0 Å². The molecule has 0 saturated carbocycles. The first-order chi connectivity index (χ1) is 13.7. The summed E-state index contributed by atoms with van der Waals surface area (Å²) in [6, 6.07) is 14.3. The van der Waals surface area contributed by atoms with Crippen LogP contribution in [0.15, 0.2) is 48.7 Å². The normalized spacial score (nSPS) is 22.9. The van der Waals surface area contributed by atoms with E-state index in [1.165, 1.54) is 11.1 Å². The van der Waals surface area contributed by atoms with E-state index in [0.717, 1.165) is 48.8 Å². The number of aromatic nitrogens is 2. The van der Waals surface area contributed by atoms with Gasteiger partial charge in [-0.25, -0.2) is 4.98 Å². The number of fused-ring (bicyclic) bond motifs is 1. The van der Waals surface area contributed by atoms with Gasteiger partial charge in [-0.1, -0.05) is 29.5 Å². The number of rotatable bonds is 3. The summed E-state index contributed by atoms with van der Waals surface area (Å²) >= 11 is 1.78. The molecule has 2 aromatic heterocycles. The van der Waals surface area contributed by atoms with E-state index >= 15 is 0 Å². The number of piperidine rings is 2. The van der Waals surface area contributed by atoms with Crippen LogP contribution in [-0.4, -0.2) is 40.4 Å². The number of nitrogens with zero attached hydrogens (tertiary/aromatic N) is 4. The zero-order valence-corrected chi connectivity index (χ0v) is 16.7. The quantitative estimate of drug-likeness (QED) is 0.673. The largest absolute Gasteiger partial charge is 0.347 e. The van der Waals surface area contributed by atoms with Crippen LogP contribution in [0.4, 0.5) is 5.13 Å². The summed E-state index contributed by atoms with van der Waals surface area (Å²) in [7, 11) is 0. The van der Waals surface area contributed by atoms with Crippen molar-refractivity contribution in [2.24, 2.45) is 5.41 Å². The summed E-state index contributed by atoms with van der Waals surface area (Å²) in [5.41, 5.74) is 2.21. The van der Waals surface area contributed by atoms with Crippen LogP contribution < -0.4 is 4.90 Å². The standard InChI is InChI=1S/C22H24N4OS/c27-20-9-11-22(16-26(20)14-17-6-3-4-12-23-17)10-5-13-25(15-22)21-24-18-7-1-2-8-19(18)28-21/h1-4,6-8,12H,5,9-11,13-16H2. The highest BCUT2D eigenvalue weighted by Gasteiger charge is 2.42. The zero-order chi connectivity index (χ0) is 19.0. The van der Waals surface area contributed by atoms with Gasteiger partial charge in [0.2, 0.25) is 5.91 Å². The van der Waals surface area contributed by atoms with Gasteiger partial charge in [0, 0.05) is 37.7 Å². The first-order valence-electron chi connectivity index (χ1n) is 9.99. The molecular weight excluding hydrogens is 368 g/mol. The van der Waals surface area contributed by atoms with Crippen LogP contribution in [0.25, 0.3) is 10.2 Å². The van der Waals surface area contributed by atoms with Crippen LogP contribution in [0.1, 0.15) is 31.4 Å². The number of anilines is 1. The van der Waals surface area contributed by atoms with E-state index in [1.54, 1.807) is 17.5 Å². The molecule has 2 fully saturated rings. The Morgan fingerprint density at radius 2 is 1.96 bits per heavy atom. The van der Waals surface area contributed by atoms with Crippen molar-refractivity contribution >= 4 is 32.6 Å². The number of benzene rings is 1. The van der Waals surface area contributed by atoms with Gasteiger partial charge in [-0.15, -0.1) is 0 Å². The molecule has 0 aliphatic carbocycles. The number of hydrogen-bond acceptors (Lipinski definition) is 5. The van der Waals surface area contributed by atoms with Crippen molar-refractivity contribution in [3.8, 4) is 0 Å². The average molecular weight is 393 g/mol. The molecule has 2 saturated heterocycles. The number of pyridine rings is 1. The lowest BCUT2D eigenvalue weighted by atomic mass is 9.73. The molecule has 1 atom stereocenters. The molecule has 0 radical (unpaired) electrons. The lowest BCUT2D eigenvalue weighted by Gasteiger charge is -2.48. The molecule has 2 aliphatic heterocycles. The molecular formula is C22H24N4OS. The molecule has 1 aromatic carbocycles. The number of likely N-dealkylation sites (tertiary alicyclic amines) is 1. The Hall–Kier alpha value is -2.47. The molecule has 1 spiro atoms. The fourth-order valence-electron chi connectivity index (χ4n) is 4.63. The van der Waals surface area contributed by atoms with Crippen molar-refractivity contribution in [2.75, 3.05) is 24.5 Å². The lowest BCUT2D eigenvalue weighted by molar-refractivity contribution is -0.138. The molecule has 1 unspecified atom stereocenters. The highest BCUT2D eigenvalue weighted by Crippen LogP contribution is 2.41. The SMILES string of the molecule is O=C1CCC2(CCCN(c3nc4ccccc4s3)C2)CN1Cc1ccccn1.